The molecule has 1 unspecified atom stereocenters. The molecule has 0 spiro atoms. The Morgan fingerprint density at radius 3 is 2.81 bits per heavy atom. The first-order chi connectivity index (χ1) is 14.8. The molecule has 1 atom stereocenters. The zero-order chi connectivity index (χ0) is 21.8. The van der Waals surface area contributed by atoms with E-state index in [9.17, 15) is 18.0 Å². The van der Waals surface area contributed by atoms with E-state index in [0.717, 1.165) is 17.6 Å². The van der Waals surface area contributed by atoms with Gasteiger partial charge in [0.15, 0.2) is 11.4 Å². The number of hydrogen-bond acceptors (Lipinski definition) is 4. The number of fused-ring (bicyclic) bond motifs is 2. The van der Waals surface area contributed by atoms with Crippen LogP contribution in [-0.4, -0.2) is 38.5 Å². The number of nitrogens with zero attached hydrogens (tertiary/aromatic N) is 4. The molecular weight excluding hydrogens is 433 g/mol. The maximum absolute atomic E-state index is 13.1. The van der Waals surface area contributed by atoms with Gasteiger partial charge in [0, 0.05) is 35.6 Å². The molecule has 1 amide bonds. The largest absolute Gasteiger partial charge is 0.451 e. The molecule has 1 saturated heterocycles. The number of halogens is 4. The van der Waals surface area contributed by atoms with Gasteiger partial charge in [-0.05, 0) is 49.2 Å². The SMILES string of the molecule is O=C(c1cc2cc(Cl)ccc2o1)N1CCCC(c2nnc3ccc(C(F)(F)F)cn23)C1. The van der Waals surface area contributed by atoms with Gasteiger partial charge in [0.1, 0.15) is 11.4 Å². The summed E-state index contributed by atoms with van der Waals surface area (Å²) in [6, 6.07) is 9.03. The lowest BCUT2D eigenvalue weighted by molar-refractivity contribution is -0.137. The fourth-order valence-corrected chi connectivity index (χ4v) is 4.18. The minimum atomic E-state index is -4.46. The van der Waals surface area contributed by atoms with Crippen LogP contribution in [0.5, 0.6) is 0 Å². The summed E-state index contributed by atoms with van der Waals surface area (Å²) in [5, 5.41) is 9.39. The summed E-state index contributed by atoms with van der Waals surface area (Å²) in [5.74, 6) is 0.0928. The van der Waals surface area contributed by atoms with Gasteiger partial charge in [-0.25, -0.2) is 0 Å². The van der Waals surface area contributed by atoms with Gasteiger partial charge in [-0.2, -0.15) is 13.2 Å². The third-order valence-corrected chi connectivity index (χ3v) is 5.75. The number of hydrogen-bond donors (Lipinski definition) is 0. The molecule has 6 nitrogen and oxygen atoms in total. The van der Waals surface area contributed by atoms with Crippen LogP contribution >= 0.6 is 11.6 Å². The maximum Gasteiger partial charge on any atom is 0.417 e. The average molecular weight is 449 g/mol. The molecule has 3 aromatic heterocycles. The molecule has 0 aliphatic carbocycles. The van der Waals surface area contributed by atoms with E-state index < -0.39 is 11.7 Å². The number of carbonyl (C=O) groups excluding carboxylic acids is 1. The number of pyridine rings is 1. The molecule has 0 N–H and O–H groups in total. The Balaban J connectivity index is 1.43. The van der Waals surface area contributed by atoms with Crippen LogP contribution in [0.2, 0.25) is 5.02 Å². The third-order valence-electron chi connectivity index (χ3n) is 5.52. The highest BCUT2D eigenvalue weighted by Gasteiger charge is 2.33. The summed E-state index contributed by atoms with van der Waals surface area (Å²) in [4.78, 5) is 14.7. The minimum Gasteiger partial charge on any atom is -0.451 e. The number of rotatable bonds is 2. The molecule has 0 bridgehead atoms. The summed E-state index contributed by atoms with van der Waals surface area (Å²) >= 11 is 6.00. The third kappa shape index (κ3) is 3.63. The lowest BCUT2D eigenvalue weighted by atomic mass is 9.97. The van der Waals surface area contributed by atoms with Crippen molar-refractivity contribution in [2.24, 2.45) is 0 Å². The quantitative estimate of drug-likeness (QED) is 0.424. The number of carbonyl (C=O) groups is 1. The number of piperidine rings is 1. The highest BCUT2D eigenvalue weighted by molar-refractivity contribution is 6.31. The Labute approximate surface area is 179 Å². The van der Waals surface area contributed by atoms with Crippen LogP contribution in [0.25, 0.3) is 16.6 Å². The van der Waals surface area contributed by atoms with Gasteiger partial charge in [-0.1, -0.05) is 11.6 Å². The number of aromatic nitrogens is 3. The Bertz CT molecular complexity index is 1300. The zero-order valence-corrected chi connectivity index (χ0v) is 16.8. The highest BCUT2D eigenvalue weighted by atomic mass is 35.5. The number of amides is 1. The normalized spacial score (nSPS) is 17.5. The fourth-order valence-electron chi connectivity index (χ4n) is 4.00. The predicted molar refractivity (Wildman–Crippen MR) is 107 cm³/mol. The van der Waals surface area contributed by atoms with Gasteiger partial charge < -0.3 is 9.32 Å². The van der Waals surface area contributed by atoms with Crippen LogP contribution in [0.15, 0.2) is 47.0 Å². The second kappa shape index (κ2) is 7.26. The van der Waals surface area contributed by atoms with E-state index in [4.69, 9.17) is 16.0 Å². The van der Waals surface area contributed by atoms with E-state index in [1.54, 1.807) is 29.2 Å². The van der Waals surface area contributed by atoms with Crippen LogP contribution < -0.4 is 0 Å². The Kier molecular flexibility index (Phi) is 4.65. The number of likely N-dealkylation sites (tertiary alicyclic amines) is 1. The first kappa shape index (κ1) is 19.9. The summed E-state index contributed by atoms with van der Waals surface area (Å²) in [5.41, 5.74) is 0.121. The summed E-state index contributed by atoms with van der Waals surface area (Å²) < 4.78 is 46.5. The molecule has 4 heterocycles. The first-order valence-corrected chi connectivity index (χ1v) is 10.1. The zero-order valence-electron chi connectivity index (χ0n) is 16.1. The Hall–Kier alpha value is -3.07. The monoisotopic (exact) mass is 448 g/mol. The molecule has 160 valence electrons. The van der Waals surface area contributed by atoms with Crippen LogP contribution in [0.1, 0.15) is 40.7 Å². The van der Waals surface area contributed by atoms with Gasteiger partial charge >= 0.3 is 6.18 Å². The van der Waals surface area contributed by atoms with Crippen LogP contribution in [-0.2, 0) is 6.18 Å². The van der Waals surface area contributed by atoms with Crippen molar-refractivity contribution >= 4 is 34.1 Å². The van der Waals surface area contributed by atoms with E-state index >= 15 is 0 Å². The molecule has 10 heteroatoms. The van der Waals surface area contributed by atoms with Crippen molar-refractivity contribution in [1.82, 2.24) is 19.5 Å². The molecule has 5 rings (SSSR count). The molecule has 31 heavy (non-hydrogen) atoms. The van der Waals surface area contributed by atoms with Crippen LogP contribution in [0.4, 0.5) is 13.2 Å². The summed E-state index contributed by atoms with van der Waals surface area (Å²) in [6.07, 6.45) is -2.07. The van der Waals surface area contributed by atoms with E-state index in [-0.39, 0.29) is 17.6 Å². The first-order valence-electron chi connectivity index (χ1n) is 9.70. The molecule has 0 saturated carbocycles. The van der Waals surface area contributed by atoms with Crippen LogP contribution in [0, 0.1) is 0 Å². The molecule has 0 radical (unpaired) electrons. The molecule has 1 fully saturated rings. The van der Waals surface area contributed by atoms with Gasteiger partial charge in [0.25, 0.3) is 5.91 Å². The van der Waals surface area contributed by atoms with Crippen molar-refractivity contribution in [1.29, 1.82) is 0 Å². The summed E-state index contributed by atoms with van der Waals surface area (Å²) in [7, 11) is 0. The molecule has 4 aromatic rings. The standard InChI is InChI=1S/C21H16ClF3N4O2/c22-15-4-5-16-13(8-15)9-17(31-16)20(30)28-7-1-2-12(10-28)19-27-26-18-6-3-14(11-29(18)19)21(23,24)25/h3-6,8-9,11-12H,1-2,7,10H2. The van der Waals surface area contributed by atoms with Crippen molar-refractivity contribution < 1.29 is 22.4 Å². The predicted octanol–water partition coefficient (Wildman–Crippen LogP) is 5.17. The molecule has 1 aliphatic heterocycles. The maximum atomic E-state index is 13.1. The van der Waals surface area contributed by atoms with Gasteiger partial charge in [-0.3, -0.25) is 9.20 Å². The lowest BCUT2D eigenvalue weighted by Gasteiger charge is -2.31. The topological polar surface area (TPSA) is 63.6 Å². The van der Waals surface area contributed by atoms with Gasteiger partial charge in [0.05, 0.1) is 5.56 Å². The van der Waals surface area contributed by atoms with Crippen molar-refractivity contribution in [3.8, 4) is 0 Å². The molecule has 1 aliphatic rings. The van der Waals surface area contributed by atoms with Gasteiger partial charge in [-0.15, -0.1) is 10.2 Å². The summed E-state index contributed by atoms with van der Waals surface area (Å²) in [6.45, 7) is 0.839. The van der Waals surface area contributed by atoms with Crippen molar-refractivity contribution in [3.63, 3.8) is 0 Å². The smallest absolute Gasteiger partial charge is 0.417 e. The minimum absolute atomic E-state index is 0.198. The number of alkyl halides is 3. The van der Waals surface area contributed by atoms with Crippen molar-refractivity contribution in [2.75, 3.05) is 13.1 Å². The van der Waals surface area contributed by atoms with Crippen molar-refractivity contribution in [3.05, 3.63) is 64.8 Å². The van der Waals surface area contributed by atoms with Crippen molar-refractivity contribution in [2.45, 2.75) is 24.9 Å². The van der Waals surface area contributed by atoms with Gasteiger partial charge in [0.2, 0.25) is 0 Å². The van der Waals surface area contributed by atoms with E-state index in [1.807, 2.05) is 0 Å². The second-order valence-electron chi connectivity index (χ2n) is 7.59. The molecular formula is C21H16ClF3N4O2. The second-order valence-corrected chi connectivity index (χ2v) is 8.02. The Morgan fingerprint density at radius 1 is 1.16 bits per heavy atom. The van der Waals surface area contributed by atoms with Crippen LogP contribution in [0.3, 0.4) is 0 Å². The van der Waals surface area contributed by atoms with E-state index in [2.05, 4.69) is 10.2 Å². The highest BCUT2D eigenvalue weighted by Crippen LogP contribution is 2.32. The van der Waals surface area contributed by atoms with E-state index in [1.165, 1.54) is 10.5 Å². The fraction of sp³-hybridized carbons (Fsp3) is 0.286. The Morgan fingerprint density at radius 2 is 2.00 bits per heavy atom. The number of furan rings is 1. The molecule has 1 aromatic carbocycles. The number of benzene rings is 1. The van der Waals surface area contributed by atoms with E-state index in [0.29, 0.717) is 48.0 Å². The lowest BCUT2D eigenvalue weighted by Crippen LogP contribution is -2.39. The average Bonchev–Trinajstić information content (AvgIpc) is 3.36.